The molecule has 12 heteroatoms. The van der Waals surface area contributed by atoms with E-state index in [9.17, 15) is 26.4 Å². The van der Waals surface area contributed by atoms with Gasteiger partial charge in [-0.3, -0.25) is 0 Å². The van der Waals surface area contributed by atoms with Crippen LogP contribution < -0.4 is 9.44 Å². The minimum atomic E-state index is -3.58. The molecule has 0 heterocycles. The number of benzene rings is 2. The first-order valence-corrected chi connectivity index (χ1v) is 14.5. The van der Waals surface area contributed by atoms with Crippen molar-refractivity contribution in [3.05, 3.63) is 83.9 Å². The first kappa shape index (κ1) is 29.2. The normalized spacial score (nSPS) is 13.7. The summed E-state index contributed by atoms with van der Waals surface area (Å²) in [5, 5.41) is 0. The molecule has 2 rings (SSSR count). The van der Waals surface area contributed by atoms with Crippen molar-refractivity contribution in [1.29, 1.82) is 0 Å². The molecule has 10 nitrogen and oxygen atoms in total. The zero-order valence-electron chi connectivity index (χ0n) is 20.0. The minimum absolute atomic E-state index is 0.144. The number of hydrogen-bond donors (Lipinski definition) is 2. The highest BCUT2D eigenvalue weighted by atomic mass is 32.2. The third-order valence-corrected chi connectivity index (χ3v) is 7.76. The van der Waals surface area contributed by atoms with E-state index in [-0.39, 0.29) is 24.7 Å². The molecule has 0 aromatic heterocycles. The van der Waals surface area contributed by atoms with Crippen LogP contribution in [-0.2, 0) is 39.1 Å². The summed E-state index contributed by atoms with van der Waals surface area (Å²) in [5.74, 6) is -2.05. The molecule has 2 aromatic rings. The van der Waals surface area contributed by atoms with E-state index in [1.807, 2.05) is 0 Å². The molecule has 0 aliphatic rings. The van der Waals surface area contributed by atoms with Gasteiger partial charge in [0.25, 0.3) is 0 Å². The monoisotopic (exact) mass is 538 g/mol. The Morgan fingerprint density at radius 2 is 1.03 bits per heavy atom. The van der Waals surface area contributed by atoms with Gasteiger partial charge < -0.3 is 9.47 Å². The Bertz CT molecular complexity index is 1130. The van der Waals surface area contributed by atoms with Crippen LogP contribution in [0.3, 0.4) is 0 Å². The fourth-order valence-corrected chi connectivity index (χ4v) is 4.54. The average molecular weight is 539 g/mol. The zero-order chi connectivity index (χ0) is 26.6. The van der Waals surface area contributed by atoms with Crippen molar-refractivity contribution in [1.82, 2.24) is 9.44 Å². The quantitative estimate of drug-likeness (QED) is 0.274. The maximum absolute atomic E-state index is 12.1. The van der Waals surface area contributed by atoms with Gasteiger partial charge in [-0.15, -0.1) is 0 Å². The molecule has 0 amide bonds. The molecule has 0 aliphatic heterocycles. The maximum atomic E-state index is 12.1. The van der Waals surface area contributed by atoms with Gasteiger partial charge >= 0.3 is 11.9 Å². The number of carbonyl (C=O) groups is 2. The van der Waals surface area contributed by atoms with Gasteiger partial charge in [0.05, 0.1) is 23.6 Å². The van der Waals surface area contributed by atoms with Crippen molar-refractivity contribution < 1.29 is 35.9 Å². The molecule has 0 saturated heterocycles. The van der Waals surface area contributed by atoms with Gasteiger partial charge in [-0.1, -0.05) is 60.7 Å². The molecule has 0 aliphatic carbocycles. The number of ether oxygens (including phenoxy) is 2. The predicted molar refractivity (Wildman–Crippen MR) is 135 cm³/mol. The fraction of sp³-hybridized carbons (Fsp3) is 0.333. The van der Waals surface area contributed by atoms with Crippen molar-refractivity contribution >= 4 is 32.0 Å². The molecule has 36 heavy (non-hydrogen) atoms. The van der Waals surface area contributed by atoms with Gasteiger partial charge in [0.15, 0.2) is 0 Å². The summed E-state index contributed by atoms with van der Waals surface area (Å²) in [6.45, 7) is 2.38. The van der Waals surface area contributed by atoms with Crippen molar-refractivity contribution in [3.63, 3.8) is 0 Å². The zero-order valence-corrected chi connectivity index (χ0v) is 21.6. The van der Waals surface area contributed by atoms with Crippen LogP contribution >= 0.6 is 0 Å². The van der Waals surface area contributed by atoms with Gasteiger partial charge in [0, 0.05) is 12.2 Å². The van der Waals surface area contributed by atoms with Crippen molar-refractivity contribution in [2.45, 2.75) is 25.9 Å². The van der Waals surface area contributed by atoms with E-state index in [4.69, 9.17) is 9.47 Å². The molecule has 2 aromatic carbocycles. The molecule has 0 fully saturated rings. The second-order valence-electron chi connectivity index (χ2n) is 7.56. The molecule has 2 atom stereocenters. The summed E-state index contributed by atoms with van der Waals surface area (Å²) in [6, 6.07) is 15.6. The number of esters is 2. The van der Waals surface area contributed by atoms with Gasteiger partial charge in [0.1, 0.15) is 13.2 Å². The fourth-order valence-electron chi connectivity index (χ4n) is 2.93. The van der Waals surface area contributed by atoms with E-state index >= 15 is 0 Å². The Kier molecular flexibility index (Phi) is 11.2. The summed E-state index contributed by atoms with van der Waals surface area (Å²) in [5.41, 5.74) is 1.21. The van der Waals surface area contributed by atoms with Gasteiger partial charge in [-0.2, -0.15) is 0 Å². The average Bonchev–Trinajstić information content (AvgIpc) is 2.88. The van der Waals surface area contributed by atoms with Crippen molar-refractivity contribution in [2.24, 2.45) is 0 Å². The van der Waals surface area contributed by atoms with Gasteiger partial charge in [-0.25, -0.2) is 35.9 Å². The molecule has 0 radical (unpaired) electrons. The number of carbonyl (C=O) groups excluding carboxylic acids is 2. The third kappa shape index (κ3) is 10.3. The lowest BCUT2D eigenvalue weighted by atomic mass is 10.1. The largest absolute Gasteiger partial charge is 0.460 e. The molecular formula is C24H30N2O8S2. The van der Waals surface area contributed by atoms with Crippen LogP contribution in [0.25, 0.3) is 0 Å². The lowest BCUT2D eigenvalue weighted by Gasteiger charge is -2.18. The molecule has 0 bridgehead atoms. The van der Waals surface area contributed by atoms with E-state index in [0.29, 0.717) is 11.1 Å². The van der Waals surface area contributed by atoms with E-state index < -0.39 is 44.1 Å². The SMILES string of the molecule is CCS(=O)(=O)N[C@H](COC(=O)/C=C/C(=O)OC[C@@H](NS(=O)(=O)CC)c1ccccc1)c1ccccc1. The van der Waals surface area contributed by atoms with E-state index in [1.165, 1.54) is 13.8 Å². The van der Waals surface area contributed by atoms with Crippen LogP contribution in [0.2, 0.25) is 0 Å². The Morgan fingerprint density at radius 1 is 0.694 bits per heavy atom. The second-order valence-corrected chi connectivity index (χ2v) is 11.6. The van der Waals surface area contributed by atoms with Crippen LogP contribution in [0.5, 0.6) is 0 Å². The number of nitrogens with one attached hydrogen (secondary N) is 2. The van der Waals surface area contributed by atoms with Crippen molar-refractivity contribution in [2.75, 3.05) is 24.7 Å². The second kappa shape index (κ2) is 13.9. The van der Waals surface area contributed by atoms with E-state index in [1.54, 1.807) is 60.7 Å². The summed E-state index contributed by atoms with van der Waals surface area (Å²) >= 11 is 0. The first-order chi connectivity index (χ1) is 17.0. The highest BCUT2D eigenvalue weighted by Crippen LogP contribution is 2.16. The molecule has 0 saturated carbocycles. The smallest absolute Gasteiger partial charge is 0.331 e. The number of hydrogen-bond acceptors (Lipinski definition) is 8. The van der Waals surface area contributed by atoms with Gasteiger partial charge in [0.2, 0.25) is 20.0 Å². The van der Waals surface area contributed by atoms with Crippen LogP contribution in [0.4, 0.5) is 0 Å². The van der Waals surface area contributed by atoms with Crippen LogP contribution in [0.15, 0.2) is 72.8 Å². The Labute approximate surface area is 211 Å². The summed E-state index contributed by atoms with van der Waals surface area (Å²) in [7, 11) is -7.15. The molecule has 2 N–H and O–H groups in total. The van der Waals surface area contributed by atoms with Crippen molar-refractivity contribution in [3.8, 4) is 0 Å². The Balaban J connectivity index is 1.96. The number of rotatable bonds is 14. The summed E-state index contributed by atoms with van der Waals surface area (Å²) < 4.78 is 63.2. The highest BCUT2D eigenvalue weighted by molar-refractivity contribution is 7.89. The molecule has 0 spiro atoms. The van der Waals surface area contributed by atoms with E-state index in [2.05, 4.69) is 9.44 Å². The highest BCUT2D eigenvalue weighted by Gasteiger charge is 2.21. The Hall–Kier alpha value is -3.06. The lowest BCUT2D eigenvalue weighted by molar-refractivity contribution is -0.141. The third-order valence-electron chi connectivity index (χ3n) is 4.95. The standard InChI is InChI=1S/C24H30N2O8S2/c1-3-35(29,30)25-21(19-11-7-5-8-12-19)17-33-23(27)15-16-24(28)34-18-22(26-36(31,32)4-2)20-13-9-6-10-14-20/h5-16,21-22,25-26H,3-4,17-18H2,1-2H3/b16-15+/t21-,22-/m1/s1. The summed E-state index contributed by atoms with van der Waals surface area (Å²) in [6.07, 6.45) is 1.71. The lowest BCUT2D eigenvalue weighted by Crippen LogP contribution is -2.33. The molecular weight excluding hydrogens is 508 g/mol. The van der Waals surface area contributed by atoms with Gasteiger partial charge in [-0.05, 0) is 25.0 Å². The first-order valence-electron chi connectivity index (χ1n) is 11.2. The van der Waals surface area contributed by atoms with Crippen LogP contribution in [0.1, 0.15) is 37.1 Å². The van der Waals surface area contributed by atoms with Crippen LogP contribution in [0, 0.1) is 0 Å². The van der Waals surface area contributed by atoms with Crippen LogP contribution in [-0.4, -0.2) is 53.5 Å². The topological polar surface area (TPSA) is 145 Å². The predicted octanol–water partition coefficient (Wildman–Crippen LogP) is 1.99. The Morgan fingerprint density at radius 3 is 1.33 bits per heavy atom. The maximum Gasteiger partial charge on any atom is 0.331 e. The molecule has 0 unspecified atom stereocenters. The van der Waals surface area contributed by atoms with E-state index in [0.717, 1.165) is 12.2 Å². The number of sulfonamides is 2. The minimum Gasteiger partial charge on any atom is -0.460 e. The summed E-state index contributed by atoms with van der Waals surface area (Å²) in [4.78, 5) is 24.2. The molecule has 196 valence electrons.